The molecule has 1 amide bonds. The van der Waals surface area contributed by atoms with Gasteiger partial charge in [-0.25, -0.2) is 4.99 Å². The molecule has 2 aliphatic heterocycles. The molecule has 3 rings (SSSR count). The molecule has 0 bridgehead atoms. The van der Waals surface area contributed by atoms with E-state index < -0.39 is 0 Å². The maximum atomic E-state index is 12.0. The number of piperidine rings is 1. The van der Waals surface area contributed by atoms with Crippen LogP contribution in [0.2, 0.25) is 0 Å². The van der Waals surface area contributed by atoms with Gasteiger partial charge < -0.3 is 20.1 Å². The number of nitrogens with zero attached hydrogens (tertiary/aromatic N) is 7. The lowest BCUT2D eigenvalue weighted by molar-refractivity contribution is -0.130. The number of hydrogen-bond donors (Lipinski definition) is 2. The Kier molecular flexibility index (Phi) is 11.3. The van der Waals surface area contributed by atoms with Gasteiger partial charge in [0, 0.05) is 52.9 Å². The largest absolute Gasteiger partial charge is 0.355 e. The Morgan fingerprint density at radius 2 is 1.91 bits per heavy atom. The van der Waals surface area contributed by atoms with Gasteiger partial charge in [-0.3, -0.25) is 14.6 Å². The van der Waals surface area contributed by atoms with Crippen molar-refractivity contribution in [1.29, 1.82) is 0 Å². The lowest BCUT2D eigenvalue weighted by Gasteiger charge is -2.33. The van der Waals surface area contributed by atoms with Crippen LogP contribution in [-0.2, 0) is 18.4 Å². The lowest BCUT2D eigenvalue weighted by atomic mass is 10.1. The standard InChI is InChI=1S/C22H41N9O.HI/c1-6-31-11-7-8-19(31)14-23-22(24-15-20-27-26-17(2)29(20)5)25-18-9-12-30(13-10-18)16-21(32)28(3)4;/h18-19H,6-16H2,1-5H3,(H2,23,24,25);1H. The highest BCUT2D eigenvalue weighted by Crippen LogP contribution is 2.16. The SMILES string of the molecule is CCN1CCCC1CNC(=NCc1nnc(C)n1C)NC1CCN(CC(=O)N(C)C)CC1.I. The molecule has 1 atom stereocenters. The average molecular weight is 576 g/mol. The Hall–Kier alpha value is -1.47. The fraction of sp³-hybridized carbons (Fsp3) is 0.818. The zero-order chi connectivity index (χ0) is 23.1. The minimum Gasteiger partial charge on any atom is -0.355 e. The molecule has 33 heavy (non-hydrogen) atoms. The van der Waals surface area contributed by atoms with E-state index >= 15 is 0 Å². The summed E-state index contributed by atoms with van der Waals surface area (Å²) in [5.41, 5.74) is 0. The Bertz CT molecular complexity index is 774. The molecule has 2 fully saturated rings. The number of likely N-dealkylation sites (tertiary alicyclic amines) is 2. The van der Waals surface area contributed by atoms with Gasteiger partial charge >= 0.3 is 0 Å². The van der Waals surface area contributed by atoms with Crippen molar-refractivity contribution in [3.63, 3.8) is 0 Å². The maximum absolute atomic E-state index is 12.0. The second-order valence-electron chi connectivity index (χ2n) is 9.18. The summed E-state index contributed by atoms with van der Waals surface area (Å²) in [4.78, 5) is 23.3. The molecule has 0 spiro atoms. The van der Waals surface area contributed by atoms with Crippen molar-refractivity contribution in [3.8, 4) is 0 Å². The van der Waals surface area contributed by atoms with Gasteiger partial charge in [0.15, 0.2) is 11.8 Å². The van der Waals surface area contributed by atoms with E-state index in [1.807, 2.05) is 32.6 Å². The normalized spacial score (nSPS) is 20.5. The third-order valence-corrected chi connectivity index (χ3v) is 6.76. The van der Waals surface area contributed by atoms with Crippen molar-refractivity contribution in [2.45, 2.75) is 58.2 Å². The molecule has 2 saturated heterocycles. The summed E-state index contributed by atoms with van der Waals surface area (Å²) in [6.07, 6.45) is 4.49. The number of aliphatic imine (C=N–C) groups is 1. The van der Waals surface area contributed by atoms with E-state index in [-0.39, 0.29) is 29.9 Å². The van der Waals surface area contributed by atoms with Crippen LogP contribution in [-0.4, -0.2) is 107 Å². The summed E-state index contributed by atoms with van der Waals surface area (Å²) in [5, 5.41) is 15.6. The van der Waals surface area contributed by atoms with Gasteiger partial charge in [-0.1, -0.05) is 6.92 Å². The number of carbonyl (C=O) groups excluding carboxylic acids is 1. The van der Waals surface area contributed by atoms with Crippen LogP contribution in [0.4, 0.5) is 0 Å². The summed E-state index contributed by atoms with van der Waals surface area (Å²) in [6.45, 7) is 10.2. The van der Waals surface area contributed by atoms with Crippen LogP contribution in [0.3, 0.4) is 0 Å². The minimum absolute atomic E-state index is 0. The number of likely N-dealkylation sites (N-methyl/N-ethyl adjacent to an activating group) is 2. The number of hydrogen-bond acceptors (Lipinski definition) is 6. The molecule has 188 valence electrons. The minimum atomic E-state index is 0. The smallest absolute Gasteiger partial charge is 0.236 e. The first-order valence-corrected chi connectivity index (χ1v) is 11.9. The average Bonchev–Trinajstić information content (AvgIpc) is 3.37. The maximum Gasteiger partial charge on any atom is 0.236 e. The first-order chi connectivity index (χ1) is 15.4. The molecule has 0 saturated carbocycles. The fourth-order valence-electron chi connectivity index (χ4n) is 4.41. The first-order valence-electron chi connectivity index (χ1n) is 11.9. The number of halogens is 1. The Labute approximate surface area is 215 Å². The predicted octanol–water partition coefficient (Wildman–Crippen LogP) is 0.814. The molecule has 1 aromatic heterocycles. The molecular formula is C22H42IN9O. The van der Waals surface area contributed by atoms with E-state index in [1.54, 1.807) is 4.90 Å². The van der Waals surface area contributed by atoms with E-state index in [0.717, 1.165) is 56.6 Å². The predicted molar refractivity (Wildman–Crippen MR) is 142 cm³/mol. The van der Waals surface area contributed by atoms with E-state index in [1.165, 1.54) is 19.4 Å². The number of nitrogens with one attached hydrogen (secondary N) is 2. The van der Waals surface area contributed by atoms with Crippen LogP contribution in [0.25, 0.3) is 0 Å². The van der Waals surface area contributed by atoms with Crippen molar-refractivity contribution < 1.29 is 4.79 Å². The lowest BCUT2D eigenvalue weighted by Crippen LogP contribution is -2.51. The molecule has 0 aliphatic carbocycles. The summed E-state index contributed by atoms with van der Waals surface area (Å²) in [5.74, 6) is 2.76. The summed E-state index contributed by atoms with van der Waals surface area (Å²) in [6, 6.07) is 0.905. The molecule has 3 heterocycles. The number of aromatic nitrogens is 3. The summed E-state index contributed by atoms with van der Waals surface area (Å²) < 4.78 is 1.98. The highest BCUT2D eigenvalue weighted by Gasteiger charge is 2.25. The fourth-order valence-corrected chi connectivity index (χ4v) is 4.41. The molecule has 2 N–H and O–H groups in total. The second-order valence-corrected chi connectivity index (χ2v) is 9.18. The quantitative estimate of drug-likeness (QED) is 0.269. The van der Waals surface area contributed by atoms with Crippen LogP contribution >= 0.6 is 24.0 Å². The van der Waals surface area contributed by atoms with Gasteiger partial charge in [0.2, 0.25) is 5.91 Å². The molecule has 1 unspecified atom stereocenters. The number of carbonyl (C=O) groups is 1. The topological polar surface area (TPSA) is 93.9 Å². The van der Waals surface area contributed by atoms with Crippen LogP contribution in [0.1, 0.15) is 44.3 Å². The Balaban J connectivity index is 0.00000385. The highest BCUT2D eigenvalue weighted by molar-refractivity contribution is 14.0. The van der Waals surface area contributed by atoms with Crippen molar-refractivity contribution in [2.75, 3.05) is 53.4 Å². The van der Waals surface area contributed by atoms with Crippen molar-refractivity contribution in [1.82, 2.24) is 40.1 Å². The van der Waals surface area contributed by atoms with Crippen molar-refractivity contribution in [2.24, 2.45) is 12.0 Å². The third kappa shape index (κ3) is 8.06. The molecule has 2 aliphatic rings. The zero-order valence-electron chi connectivity index (χ0n) is 20.9. The zero-order valence-corrected chi connectivity index (χ0v) is 23.2. The number of rotatable bonds is 8. The third-order valence-electron chi connectivity index (χ3n) is 6.76. The Morgan fingerprint density at radius 3 is 2.52 bits per heavy atom. The van der Waals surface area contributed by atoms with Crippen molar-refractivity contribution >= 4 is 35.8 Å². The molecule has 0 aromatic carbocycles. The summed E-state index contributed by atoms with van der Waals surface area (Å²) in [7, 11) is 5.60. The molecule has 11 heteroatoms. The van der Waals surface area contributed by atoms with E-state index in [2.05, 4.69) is 37.6 Å². The van der Waals surface area contributed by atoms with Gasteiger partial charge in [-0.2, -0.15) is 0 Å². The van der Waals surface area contributed by atoms with E-state index in [4.69, 9.17) is 4.99 Å². The monoisotopic (exact) mass is 575 g/mol. The van der Waals surface area contributed by atoms with Gasteiger partial charge in [0.05, 0.1) is 6.54 Å². The van der Waals surface area contributed by atoms with Crippen LogP contribution in [0.5, 0.6) is 0 Å². The number of amides is 1. The van der Waals surface area contributed by atoms with Crippen LogP contribution in [0.15, 0.2) is 4.99 Å². The van der Waals surface area contributed by atoms with Gasteiger partial charge in [-0.15, -0.1) is 34.2 Å². The van der Waals surface area contributed by atoms with Crippen LogP contribution < -0.4 is 10.6 Å². The first kappa shape index (κ1) is 27.8. The van der Waals surface area contributed by atoms with Crippen LogP contribution in [0, 0.1) is 6.92 Å². The Morgan fingerprint density at radius 1 is 1.18 bits per heavy atom. The molecule has 0 radical (unpaired) electrons. The molecule has 10 nitrogen and oxygen atoms in total. The summed E-state index contributed by atoms with van der Waals surface area (Å²) >= 11 is 0. The van der Waals surface area contributed by atoms with Gasteiger partial charge in [-0.05, 0) is 45.7 Å². The second kappa shape index (κ2) is 13.4. The molecular weight excluding hydrogens is 533 g/mol. The number of aryl methyl sites for hydroxylation is 1. The highest BCUT2D eigenvalue weighted by atomic mass is 127. The van der Waals surface area contributed by atoms with Gasteiger partial charge in [0.1, 0.15) is 12.4 Å². The van der Waals surface area contributed by atoms with E-state index in [0.29, 0.717) is 25.2 Å². The van der Waals surface area contributed by atoms with Gasteiger partial charge in [0.25, 0.3) is 0 Å². The van der Waals surface area contributed by atoms with E-state index in [9.17, 15) is 4.79 Å². The number of guanidine groups is 1. The molecule has 1 aromatic rings. The van der Waals surface area contributed by atoms with Crippen molar-refractivity contribution in [3.05, 3.63) is 11.6 Å².